The van der Waals surface area contributed by atoms with Gasteiger partial charge in [0.1, 0.15) is 5.75 Å². The number of benzene rings is 2. The van der Waals surface area contributed by atoms with E-state index in [0.29, 0.717) is 12.3 Å². The molecule has 2 aromatic rings. The Balaban J connectivity index is 1.75. The zero-order valence-electron chi connectivity index (χ0n) is 12.0. The third kappa shape index (κ3) is 4.93. The Morgan fingerprint density at radius 1 is 1.05 bits per heavy atom. The maximum absolute atomic E-state index is 11.7. The standard InChI is InChI=1S/C17H19NO3/c1-13-2-8-16(9-3-13)21-12-17(20)18-10-14-4-6-15(11-19)7-5-14/h2-9,19H,10-12H2,1H3,(H,18,20). The fourth-order valence-electron chi connectivity index (χ4n) is 1.80. The Morgan fingerprint density at radius 3 is 2.29 bits per heavy atom. The van der Waals surface area contributed by atoms with Gasteiger partial charge < -0.3 is 15.2 Å². The van der Waals surface area contributed by atoms with Crippen LogP contribution < -0.4 is 10.1 Å². The summed E-state index contributed by atoms with van der Waals surface area (Å²) < 4.78 is 5.40. The molecule has 0 heterocycles. The molecule has 4 heteroatoms. The van der Waals surface area contributed by atoms with Gasteiger partial charge in [-0.15, -0.1) is 0 Å². The zero-order valence-corrected chi connectivity index (χ0v) is 12.0. The lowest BCUT2D eigenvalue weighted by atomic mass is 10.1. The minimum atomic E-state index is -0.165. The molecule has 0 radical (unpaired) electrons. The molecule has 0 atom stereocenters. The minimum Gasteiger partial charge on any atom is -0.484 e. The van der Waals surface area contributed by atoms with Crippen molar-refractivity contribution in [3.63, 3.8) is 0 Å². The molecule has 0 aliphatic carbocycles. The van der Waals surface area contributed by atoms with Gasteiger partial charge in [0, 0.05) is 6.54 Å². The average molecular weight is 285 g/mol. The first-order valence-corrected chi connectivity index (χ1v) is 6.82. The van der Waals surface area contributed by atoms with E-state index >= 15 is 0 Å². The molecule has 110 valence electrons. The number of carbonyl (C=O) groups is 1. The van der Waals surface area contributed by atoms with E-state index in [1.807, 2.05) is 55.5 Å². The van der Waals surface area contributed by atoms with Gasteiger partial charge >= 0.3 is 0 Å². The molecular formula is C17H19NO3. The number of hydrogen-bond acceptors (Lipinski definition) is 3. The number of aryl methyl sites for hydroxylation is 1. The van der Waals surface area contributed by atoms with E-state index in [1.54, 1.807) is 0 Å². The lowest BCUT2D eigenvalue weighted by Gasteiger charge is -2.08. The molecule has 0 aliphatic rings. The van der Waals surface area contributed by atoms with E-state index in [0.717, 1.165) is 16.7 Å². The van der Waals surface area contributed by atoms with Crippen LogP contribution in [-0.2, 0) is 17.9 Å². The predicted molar refractivity (Wildman–Crippen MR) is 80.9 cm³/mol. The van der Waals surface area contributed by atoms with Crippen molar-refractivity contribution in [2.45, 2.75) is 20.1 Å². The van der Waals surface area contributed by atoms with E-state index in [1.165, 1.54) is 0 Å². The van der Waals surface area contributed by atoms with Gasteiger partial charge in [-0.2, -0.15) is 0 Å². The molecule has 2 N–H and O–H groups in total. The number of amides is 1. The molecule has 2 aromatic carbocycles. The summed E-state index contributed by atoms with van der Waals surface area (Å²) in [6, 6.07) is 15.0. The van der Waals surface area contributed by atoms with Crippen molar-refractivity contribution >= 4 is 5.91 Å². The lowest BCUT2D eigenvalue weighted by Crippen LogP contribution is -2.28. The monoisotopic (exact) mass is 285 g/mol. The number of hydrogen-bond donors (Lipinski definition) is 2. The van der Waals surface area contributed by atoms with Crippen LogP contribution in [0.5, 0.6) is 5.75 Å². The van der Waals surface area contributed by atoms with Crippen molar-refractivity contribution in [3.05, 3.63) is 65.2 Å². The van der Waals surface area contributed by atoms with Crippen LogP contribution in [0.25, 0.3) is 0 Å². The van der Waals surface area contributed by atoms with Crippen LogP contribution in [0.1, 0.15) is 16.7 Å². The molecule has 4 nitrogen and oxygen atoms in total. The Kier molecular flexibility index (Phi) is 5.35. The quantitative estimate of drug-likeness (QED) is 0.855. The zero-order chi connectivity index (χ0) is 15.1. The molecule has 0 bridgehead atoms. The van der Waals surface area contributed by atoms with Crippen molar-refractivity contribution in [1.82, 2.24) is 5.32 Å². The molecule has 0 saturated carbocycles. The van der Waals surface area contributed by atoms with Crippen molar-refractivity contribution in [1.29, 1.82) is 0 Å². The maximum atomic E-state index is 11.7. The van der Waals surface area contributed by atoms with E-state index in [4.69, 9.17) is 9.84 Å². The highest BCUT2D eigenvalue weighted by Gasteiger charge is 2.03. The number of aliphatic hydroxyl groups is 1. The second kappa shape index (κ2) is 7.45. The van der Waals surface area contributed by atoms with E-state index in [-0.39, 0.29) is 19.1 Å². The van der Waals surface area contributed by atoms with Gasteiger partial charge in [0.05, 0.1) is 6.61 Å². The van der Waals surface area contributed by atoms with Crippen LogP contribution in [-0.4, -0.2) is 17.6 Å². The van der Waals surface area contributed by atoms with Gasteiger partial charge in [-0.25, -0.2) is 0 Å². The first kappa shape index (κ1) is 15.1. The number of rotatable bonds is 6. The number of nitrogens with one attached hydrogen (secondary N) is 1. The summed E-state index contributed by atoms with van der Waals surface area (Å²) in [5, 5.41) is 11.7. The van der Waals surface area contributed by atoms with Crippen molar-refractivity contribution in [2.24, 2.45) is 0 Å². The second-order valence-corrected chi connectivity index (χ2v) is 4.85. The molecule has 0 aromatic heterocycles. The lowest BCUT2D eigenvalue weighted by molar-refractivity contribution is -0.123. The Labute approximate surface area is 124 Å². The van der Waals surface area contributed by atoms with E-state index < -0.39 is 0 Å². The number of carbonyl (C=O) groups excluding carboxylic acids is 1. The molecule has 0 fully saturated rings. The molecule has 1 amide bonds. The summed E-state index contributed by atoms with van der Waals surface area (Å²) in [4.78, 5) is 11.7. The highest BCUT2D eigenvalue weighted by molar-refractivity contribution is 5.77. The predicted octanol–water partition coefficient (Wildman–Crippen LogP) is 2.18. The first-order valence-electron chi connectivity index (χ1n) is 6.82. The number of ether oxygens (including phenoxy) is 1. The molecular weight excluding hydrogens is 266 g/mol. The Bertz CT molecular complexity index is 576. The topological polar surface area (TPSA) is 58.6 Å². The van der Waals surface area contributed by atoms with Crippen molar-refractivity contribution in [3.8, 4) is 5.75 Å². The normalized spacial score (nSPS) is 10.2. The molecule has 2 rings (SSSR count). The summed E-state index contributed by atoms with van der Waals surface area (Å²) in [5.74, 6) is 0.518. The summed E-state index contributed by atoms with van der Waals surface area (Å²) in [6.45, 7) is 2.47. The highest BCUT2D eigenvalue weighted by Crippen LogP contribution is 2.11. The van der Waals surface area contributed by atoms with Gasteiger partial charge in [0.2, 0.25) is 0 Å². The summed E-state index contributed by atoms with van der Waals surface area (Å²) in [7, 11) is 0. The van der Waals surface area contributed by atoms with Gasteiger partial charge in [0.15, 0.2) is 6.61 Å². The smallest absolute Gasteiger partial charge is 0.258 e. The van der Waals surface area contributed by atoms with Crippen LogP contribution >= 0.6 is 0 Å². The Morgan fingerprint density at radius 2 is 1.67 bits per heavy atom. The average Bonchev–Trinajstić information content (AvgIpc) is 2.53. The van der Waals surface area contributed by atoms with Gasteiger partial charge in [-0.3, -0.25) is 4.79 Å². The molecule has 21 heavy (non-hydrogen) atoms. The van der Waals surface area contributed by atoms with Gasteiger partial charge in [-0.1, -0.05) is 42.0 Å². The third-order valence-electron chi connectivity index (χ3n) is 3.09. The fraction of sp³-hybridized carbons (Fsp3) is 0.235. The molecule has 0 aliphatic heterocycles. The highest BCUT2D eigenvalue weighted by atomic mass is 16.5. The fourth-order valence-corrected chi connectivity index (χ4v) is 1.80. The van der Waals surface area contributed by atoms with Gasteiger partial charge in [0.25, 0.3) is 5.91 Å². The number of aliphatic hydroxyl groups excluding tert-OH is 1. The van der Waals surface area contributed by atoms with Crippen LogP contribution in [0.2, 0.25) is 0 Å². The van der Waals surface area contributed by atoms with Crippen LogP contribution in [0.3, 0.4) is 0 Å². The second-order valence-electron chi connectivity index (χ2n) is 4.85. The Hall–Kier alpha value is -2.33. The largest absolute Gasteiger partial charge is 0.484 e. The first-order chi connectivity index (χ1) is 10.2. The van der Waals surface area contributed by atoms with E-state index in [9.17, 15) is 4.79 Å². The SMILES string of the molecule is Cc1ccc(OCC(=O)NCc2ccc(CO)cc2)cc1. The van der Waals surface area contributed by atoms with Crippen LogP contribution in [0, 0.1) is 6.92 Å². The van der Waals surface area contributed by atoms with Gasteiger partial charge in [-0.05, 0) is 30.2 Å². The van der Waals surface area contributed by atoms with Crippen LogP contribution in [0.15, 0.2) is 48.5 Å². The summed E-state index contributed by atoms with van der Waals surface area (Å²) in [6.07, 6.45) is 0. The molecule has 0 spiro atoms. The summed E-state index contributed by atoms with van der Waals surface area (Å²) >= 11 is 0. The van der Waals surface area contributed by atoms with Crippen molar-refractivity contribution in [2.75, 3.05) is 6.61 Å². The van der Waals surface area contributed by atoms with Crippen LogP contribution in [0.4, 0.5) is 0 Å². The minimum absolute atomic E-state index is 0.00220. The molecule has 0 saturated heterocycles. The maximum Gasteiger partial charge on any atom is 0.258 e. The van der Waals surface area contributed by atoms with E-state index in [2.05, 4.69) is 5.32 Å². The molecule has 0 unspecified atom stereocenters. The summed E-state index contributed by atoms with van der Waals surface area (Å²) in [5.41, 5.74) is 2.99. The van der Waals surface area contributed by atoms with Crippen molar-refractivity contribution < 1.29 is 14.6 Å². The third-order valence-corrected chi connectivity index (χ3v) is 3.09.